The monoisotopic (exact) mass is 384 g/mol. The van der Waals surface area contributed by atoms with E-state index in [1.165, 1.54) is 36.6 Å². The first-order valence-corrected chi connectivity index (χ1v) is 11.0. The first kappa shape index (κ1) is 18.5. The Morgan fingerprint density at radius 1 is 1.07 bits per heavy atom. The van der Waals surface area contributed by atoms with Gasteiger partial charge in [0.05, 0.1) is 12.3 Å². The van der Waals surface area contributed by atoms with Crippen molar-refractivity contribution in [1.82, 2.24) is 19.7 Å². The van der Waals surface area contributed by atoms with Gasteiger partial charge in [0, 0.05) is 18.0 Å². The minimum absolute atomic E-state index is 0.224. The molecule has 0 bridgehead atoms. The maximum absolute atomic E-state index is 12.9. The molecular formula is C21H28N4OS. The van der Waals surface area contributed by atoms with E-state index in [0.29, 0.717) is 23.8 Å². The van der Waals surface area contributed by atoms with Gasteiger partial charge in [0.1, 0.15) is 5.82 Å². The zero-order valence-corrected chi connectivity index (χ0v) is 17.0. The predicted molar refractivity (Wildman–Crippen MR) is 108 cm³/mol. The molecule has 4 rings (SSSR count). The lowest BCUT2D eigenvalue weighted by atomic mass is 9.98. The lowest BCUT2D eigenvalue weighted by Gasteiger charge is -2.39. The molecule has 1 amide bonds. The van der Waals surface area contributed by atoms with Crippen LogP contribution in [0.5, 0.6) is 0 Å². The average molecular weight is 385 g/mol. The maximum Gasteiger partial charge on any atom is 0.233 e. The van der Waals surface area contributed by atoms with Crippen LogP contribution in [-0.4, -0.2) is 43.4 Å². The van der Waals surface area contributed by atoms with Crippen LogP contribution < -0.4 is 0 Å². The van der Waals surface area contributed by atoms with Crippen LogP contribution in [0.3, 0.4) is 0 Å². The van der Waals surface area contributed by atoms with Crippen molar-refractivity contribution >= 4 is 17.7 Å². The third-order valence-electron chi connectivity index (χ3n) is 5.68. The molecule has 27 heavy (non-hydrogen) atoms. The maximum atomic E-state index is 12.9. The first-order chi connectivity index (χ1) is 13.1. The van der Waals surface area contributed by atoms with E-state index in [9.17, 15) is 4.79 Å². The Hall–Kier alpha value is -1.82. The van der Waals surface area contributed by atoms with Crippen LogP contribution in [0.4, 0.5) is 0 Å². The Kier molecular flexibility index (Phi) is 5.53. The number of likely N-dealkylation sites (tertiary alicyclic amines) is 1. The highest BCUT2D eigenvalue weighted by Crippen LogP contribution is 2.40. The molecule has 2 aliphatic rings. The van der Waals surface area contributed by atoms with Gasteiger partial charge >= 0.3 is 0 Å². The van der Waals surface area contributed by atoms with Crippen molar-refractivity contribution < 1.29 is 4.79 Å². The van der Waals surface area contributed by atoms with Crippen molar-refractivity contribution in [3.63, 3.8) is 0 Å². The number of carbonyl (C=O) groups excluding carboxylic acids is 1. The molecule has 0 radical (unpaired) electrons. The highest BCUT2D eigenvalue weighted by molar-refractivity contribution is 7.99. The number of rotatable bonds is 6. The molecule has 1 aromatic carbocycles. The van der Waals surface area contributed by atoms with E-state index < -0.39 is 0 Å². The first-order valence-electron chi connectivity index (χ1n) is 10.0. The van der Waals surface area contributed by atoms with E-state index in [-0.39, 0.29) is 5.91 Å². The third kappa shape index (κ3) is 4.21. The summed E-state index contributed by atoms with van der Waals surface area (Å²) in [6.07, 6.45) is 5.82. The smallest absolute Gasteiger partial charge is 0.233 e. The Labute approximate surface area is 165 Å². The van der Waals surface area contributed by atoms with Crippen LogP contribution in [0, 0.1) is 0 Å². The number of hydrogen-bond acceptors (Lipinski definition) is 4. The van der Waals surface area contributed by atoms with Crippen molar-refractivity contribution in [2.75, 3.05) is 5.75 Å². The molecule has 0 N–H and O–H groups in total. The number of hydrogen-bond donors (Lipinski definition) is 0. The van der Waals surface area contributed by atoms with E-state index in [1.54, 1.807) is 0 Å². The van der Waals surface area contributed by atoms with Crippen molar-refractivity contribution in [1.29, 1.82) is 0 Å². The minimum Gasteiger partial charge on any atom is -0.337 e. The topological polar surface area (TPSA) is 51.0 Å². The summed E-state index contributed by atoms with van der Waals surface area (Å²) in [4.78, 5) is 14.9. The largest absolute Gasteiger partial charge is 0.337 e. The van der Waals surface area contributed by atoms with Crippen LogP contribution in [0.25, 0.3) is 0 Å². The molecule has 5 nitrogen and oxygen atoms in total. The van der Waals surface area contributed by atoms with E-state index in [4.69, 9.17) is 0 Å². The van der Waals surface area contributed by atoms with Crippen LogP contribution in [0.2, 0.25) is 0 Å². The van der Waals surface area contributed by atoms with Crippen LogP contribution in [-0.2, 0) is 11.3 Å². The number of thioether (sulfide) groups is 1. The van der Waals surface area contributed by atoms with Gasteiger partial charge in [-0.2, -0.15) is 0 Å². The van der Waals surface area contributed by atoms with Gasteiger partial charge < -0.3 is 9.47 Å². The minimum atomic E-state index is 0.224. The summed E-state index contributed by atoms with van der Waals surface area (Å²) in [5, 5.41) is 9.76. The fourth-order valence-corrected chi connectivity index (χ4v) is 4.89. The molecular weight excluding hydrogens is 356 g/mol. The molecule has 6 heteroatoms. The summed E-state index contributed by atoms with van der Waals surface area (Å²) in [6, 6.07) is 11.1. The predicted octanol–water partition coefficient (Wildman–Crippen LogP) is 4.09. The van der Waals surface area contributed by atoms with Crippen LogP contribution >= 0.6 is 11.8 Å². The number of nitrogens with zero attached hydrogens (tertiary/aromatic N) is 4. The normalized spacial score (nSPS) is 22.8. The van der Waals surface area contributed by atoms with Gasteiger partial charge in [0.15, 0.2) is 5.16 Å². The SMILES string of the molecule is C[C@@H]1CCC[C@H](C)N1C(=O)CSc1nnc(C2CC2)n1Cc1ccccc1. The second kappa shape index (κ2) is 8.05. The van der Waals surface area contributed by atoms with Crippen molar-refractivity contribution in [3.05, 3.63) is 41.7 Å². The van der Waals surface area contributed by atoms with E-state index in [0.717, 1.165) is 30.4 Å². The fourth-order valence-electron chi connectivity index (χ4n) is 4.08. The highest BCUT2D eigenvalue weighted by Gasteiger charge is 2.32. The zero-order valence-electron chi connectivity index (χ0n) is 16.2. The van der Waals surface area contributed by atoms with Gasteiger partial charge in [0.2, 0.25) is 5.91 Å². The number of amides is 1. The molecule has 2 aromatic rings. The molecule has 1 aliphatic carbocycles. The summed E-state index contributed by atoms with van der Waals surface area (Å²) in [5.41, 5.74) is 1.24. The number of carbonyl (C=O) groups is 1. The van der Waals surface area contributed by atoms with E-state index >= 15 is 0 Å². The number of benzene rings is 1. The number of piperidine rings is 1. The lowest BCUT2D eigenvalue weighted by molar-refractivity contribution is -0.134. The zero-order chi connectivity index (χ0) is 18.8. The summed E-state index contributed by atoms with van der Waals surface area (Å²) >= 11 is 1.54. The second-order valence-corrected chi connectivity index (χ2v) is 8.85. The summed E-state index contributed by atoms with van der Waals surface area (Å²) < 4.78 is 2.22. The van der Waals surface area contributed by atoms with Crippen LogP contribution in [0.15, 0.2) is 35.5 Å². The second-order valence-electron chi connectivity index (χ2n) is 7.91. The molecule has 1 saturated heterocycles. The summed E-state index contributed by atoms with van der Waals surface area (Å²) in [5.74, 6) is 2.27. The summed E-state index contributed by atoms with van der Waals surface area (Å²) in [6.45, 7) is 5.11. The summed E-state index contributed by atoms with van der Waals surface area (Å²) in [7, 11) is 0. The molecule has 1 aromatic heterocycles. The van der Waals surface area contributed by atoms with E-state index in [1.807, 2.05) is 6.07 Å². The van der Waals surface area contributed by atoms with Crippen molar-refractivity contribution in [2.24, 2.45) is 0 Å². The molecule has 1 aliphatic heterocycles. The Bertz CT molecular complexity index is 777. The molecule has 0 spiro atoms. The van der Waals surface area contributed by atoms with Crippen molar-refractivity contribution in [2.45, 2.75) is 75.7 Å². The lowest BCUT2D eigenvalue weighted by Crippen LogP contribution is -2.48. The highest BCUT2D eigenvalue weighted by atomic mass is 32.2. The molecule has 2 heterocycles. The van der Waals surface area contributed by atoms with Crippen LogP contribution in [0.1, 0.15) is 63.3 Å². The van der Waals surface area contributed by atoms with Gasteiger partial charge in [-0.1, -0.05) is 42.1 Å². The molecule has 2 atom stereocenters. The average Bonchev–Trinajstić information content (AvgIpc) is 3.43. The van der Waals surface area contributed by atoms with Gasteiger partial charge in [0.25, 0.3) is 0 Å². The van der Waals surface area contributed by atoms with Gasteiger partial charge in [-0.25, -0.2) is 0 Å². The Morgan fingerprint density at radius 2 is 1.78 bits per heavy atom. The van der Waals surface area contributed by atoms with Gasteiger partial charge in [-0.05, 0) is 51.5 Å². The number of aromatic nitrogens is 3. The molecule has 0 unspecified atom stereocenters. The van der Waals surface area contributed by atoms with E-state index in [2.05, 4.69) is 57.8 Å². The van der Waals surface area contributed by atoms with Crippen molar-refractivity contribution in [3.8, 4) is 0 Å². The fraction of sp³-hybridized carbons (Fsp3) is 0.571. The Morgan fingerprint density at radius 3 is 2.44 bits per heavy atom. The molecule has 2 fully saturated rings. The standard InChI is InChI=1S/C21H28N4OS/c1-15-7-6-8-16(2)25(15)19(26)14-27-21-23-22-20(18-11-12-18)24(21)13-17-9-4-3-5-10-17/h3-5,9-10,15-16,18H,6-8,11-14H2,1-2H3/t15-,16+. The third-order valence-corrected chi connectivity index (χ3v) is 6.63. The molecule has 1 saturated carbocycles. The quantitative estimate of drug-likeness (QED) is 0.704. The van der Waals surface area contributed by atoms with Gasteiger partial charge in [-0.3, -0.25) is 4.79 Å². The Balaban J connectivity index is 1.48. The molecule has 144 valence electrons. The van der Waals surface area contributed by atoms with Gasteiger partial charge in [-0.15, -0.1) is 10.2 Å².